The van der Waals surface area contributed by atoms with E-state index >= 15 is 0 Å². The molecule has 96 valence electrons. The first-order valence-corrected chi connectivity index (χ1v) is 6.20. The van der Waals surface area contributed by atoms with E-state index < -0.39 is 5.91 Å². The first kappa shape index (κ1) is 11.6. The van der Waals surface area contributed by atoms with Crippen LogP contribution in [0.5, 0.6) is 0 Å². The van der Waals surface area contributed by atoms with E-state index in [9.17, 15) is 9.59 Å². The number of aromatic nitrogens is 1. The van der Waals surface area contributed by atoms with Gasteiger partial charge in [-0.25, -0.2) is 4.98 Å². The van der Waals surface area contributed by atoms with Crippen molar-refractivity contribution in [3.05, 3.63) is 42.1 Å². The average Bonchev–Trinajstić information content (AvgIpc) is 3.28. The van der Waals surface area contributed by atoms with Crippen molar-refractivity contribution < 1.29 is 9.59 Å². The standard InChI is InChI=1S/C14H13N3O2/c18-13(10-5-6-10)16-17-14(19)12-8-7-9-3-1-2-4-11(9)15-12/h1-4,7-8,10H,5-6H2,(H,16,18)(H,17,19). The molecule has 1 aliphatic rings. The molecule has 1 aliphatic carbocycles. The van der Waals surface area contributed by atoms with Crippen LogP contribution in [0, 0.1) is 5.92 Å². The van der Waals surface area contributed by atoms with Crippen LogP contribution in [0.15, 0.2) is 36.4 Å². The monoisotopic (exact) mass is 255 g/mol. The topological polar surface area (TPSA) is 71.1 Å². The minimum absolute atomic E-state index is 0.0601. The molecule has 1 heterocycles. The SMILES string of the molecule is O=C(NNC(=O)C1CC1)c1ccc2ccccc2n1. The van der Waals surface area contributed by atoms with Crippen molar-refractivity contribution in [3.8, 4) is 0 Å². The quantitative estimate of drug-likeness (QED) is 0.797. The zero-order chi connectivity index (χ0) is 13.2. The molecular formula is C14H13N3O2. The summed E-state index contributed by atoms with van der Waals surface area (Å²) in [4.78, 5) is 27.5. The van der Waals surface area contributed by atoms with Gasteiger partial charge in [-0.1, -0.05) is 24.3 Å². The summed E-state index contributed by atoms with van der Waals surface area (Å²) >= 11 is 0. The zero-order valence-electron chi connectivity index (χ0n) is 10.2. The zero-order valence-corrected chi connectivity index (χ0v) is 10.2. The van der Waals surface area contributed by atoms with Crippen molar-refractivity contribution in [2.45, 2.75) is 12.8 Å². The molecule has 3 rings (SSSR count). The van der Waals surface area contributed by atoms with Gasteiger partial charge >= 0.3 is 0 Å². The summed E-state index contributed by atoms with van der Waals surface area (Å²) in [7, 11) is 0. The van der Waals surface area contributed by atoms with Gasteiger partial charge in [-0.05, 0) is 25.0 Å². The molecule has 0 spiro atoms. The number of fused-ring (bicyclic) bond motifs is 1. The lowest BCUT2D eigenvalue weighted by atomic mass is 10.2. The number of hydrogen-bond donors (Lipinski definition) is 2. The largest absolute Gasteiger partial charge is 0.288 e. The highest BCUT2D eigenvalue weighted by Crippen LogP contribution is 2.28. The van der Waals surface area contributed by atoms with Crippen molar-refractivity contribution in [1.29, 1.82) is 0 Å². The maximum atomic E-state index is 11.8. The highest BCUT2D eigenvalue weighted by Gasteiger charge is 2.29. The Balaban J connectivity index is 1.71. The van der Waals surface area contributed by atoms with Crippen molar-refractivity contribution in [1.82, 2.24) is 15.8 Å². The molecule has 0 unspecified atom stereocenters. The number of hydrazine groups is 1. The van der Waals surface area contributed by atoms with Crippen LogP contribution in [0.1, 0.15) is 23.3 Å². The van der Waals surface area contributed by atoms with Crippen LogP contribution < -0.4 is 10.9 Å². The van der Waals surface area contributed by atoms with Crippen molar-refractivity contribution >= 4 is 22.7 Å². The van der Waals surface area contributed by atoms with Gasteiger partial charge in [-0.2, -0.15) is 0 Å². The van der Waals surface area contributed by atoms with Gasteiger partial charge in [0.2, 0.25) is 5.91 Å². The molecule has 1 aromatic carbocycles. The molecule has 0 bridgehead atoms. The van der Waals surface area contributed by atoms with Crippen molar-refractivity contribution in [2.75, 3.05) is 0 Å². The molecule has 0 aliphatic heterocycles. The molecule has 1 fully saturated rings. The van der Waals surface area contributed by atoms with E-state index in [-0.39, 0.29) is 17.5 Å². The van der Waals surface area contributed by atoms with Gasteiger partial charge in [0.15, 0.2) is 0 Å². The number of nitrogens with zero attached hydrogens (tertiary/aromatic N) is 1. The number of pyridine rings is 1. The first-order chi connectivity index (χ1) is 9.24. The second-order valence-electron chi connectivity index (χ2n) is 4.61. The fourth-order valence-electron chi connectivity index (χ4n) is 1.82. The number of amides is 2. The van der Waals surface area contributed by atoms with Crippen LogP contribution in [0.25, 0.3) is 10.9 Å². The van der Waals surface area contributed by atoms with Crippen LogP contribution in [0.3, 0.4) is 0 Å². The van der Waals surface area contributed by atoms with E-state index in [1.54, 1.807) is 6.07 Å². The number of carbonyl (C=O) groups excluding carboxylic acids is 2. The number of carbonyl (C=O) groups is 2. The Kier molecular flexibility index (Phi) is 2.87. The fraction of sp³-hybridized carbons (Fsp3) is 0.214. The van der Waals surface area contributed by atoms with Gasteiger partial charge in [-0.15, -0.1) is 0 Å². The summed E-state index contributed by atoms with van der Waals surface area (Å²) in [5.74, 6) is -0.473. The second kappa shape index (κ2) is 4.68. The van der Waals surface area contributed by atoms with Crippen molar-refractivity contribution in [2.24, 2.45) is 5.92 Å². The van der Waals surface area contributed by atoms with Gasteiger partial charge < -0.3 is 0 Å². The molecule has 0 radical (unpaired) electrons. The minimum Gasteiger partial charge on any atom is -0.273 e. The van der Waals surface area contributed by atoms with Crippen molar-refractivity contribution in [3.63, 3.8) is 0 Å². The fourth-order valence-corrected chi connectivity index (χ4v) is 1.82. The average molecular weight is 255 g/mol. The first-order valence-electron chi connectivity index (χ1n) is 6.20. The third kappa shape index (κ3) is 2.54. The van der Waals surface area contributed by atoms with Gasteiger partial charge in [0.25, 0.3) is 5.91 Å². The van der Waals surface area contributed by atoms with Crippen LogP contribution >= 0.6 is 0 Å². The Morgan fingerprint density at radius 2 is 1.84 bits per heavy atom. The van der Waals surface area contributed by atoms with E-state index in [1.165, 1.54) is 0 Å². The minimum atomic E-state index is -0.403. The molecule has 2 amide bonds. The molecule has 2 N–H and O–H groups in total. The number of benzene rings is 1. The van der Waals surface area contributed by atoms with E-state index in [1.807, 2.05) is 30.3 Å². The second-order valence-corrected chi connectivity index (χ2v) is 4.61. The highest BCUT2D eigenvalue weighted by molar-refractivity contribution is 5.96. The highest BCUT2D eigenvalue weighted by atomic mass is 16.2. The Morgan fingerprint density at radius 1 is 1.05 bits per heavy atom. The van der Waals surface area contributed by atoms with E-state index in [4.69, 9.17) is 0 Å². The molecule has 5 nitrogen and oxygen atoms in total. The Hall–Kier alpha value is -2.43. The van der Waals surface area contributed by atoms with Crippen LogP contribution in [-0.4, -0.2) is 16.8 Å². The Bertz CT molecular complexity index is 650. The molecule has 5 heteroatoms. The van der Waals surface area contributed by atoms with E-state index in [2.05, 4.69) is 15.8 Å². The number of nitrogens with one attached hydrogen (secondary N) is 2. The Morgan fingerprint density at radius 3 is 2.63 bits per heavy atom. The van der Waals surface area contributed by atoms with Crippen LogP contribution in [0.2, 0.25) is 0 Å². The lowest BCUT2D eigenvalue weighted by molar-refractivity contribution is -0.123. The normalized spacial score (nSPS) is 14.1. The summed E-state index contributed by atoms with van der Waals surface area (Å²) in [6.45, 7) is 0. The number of rotatable bonds is 2. The van der Waals surface area contributed by atoms with Gasteiger partial charge in [0, 0.05) is 11.3 Å². The van der Waals surface area contributed by atoms with Gasteiger partial charge in [-0.3, -0.25) is 20.4 Å². The lowest BCUT2D eigenvalue weighted by Gasteiger charge is -2.06. The number of hydrogen-bond acceptors (Lipinski definition) is 3. The molecule has 0 saturated heterocycles. The maximum Gasteiger partial charge on any atom is 0.288 e. The van der Waals surface area contributed by atoms with Gasteiger partial charge in [0.1, 0.15) is 5.69 Å². The van der Waals surface area contributed by atoms with E-state index in [0.717, 1.165) is 23.7 Å². The summed E-state index contributed by atoms with van der Waals surface area (Å²) < 4.78 is 0. The van der Waals surface area contributed by atoms with Crippen LogP contribution in [-0.2, 0) is 4.79 Å². The summed E-state index contributed by atoms with van der Waals surface area (Å²) in [5, 5.41) is 0.973. The molecule has 0 atom stereocenters. The molecule has 1 aromatic heterocycles. The summed E-state index contributed by atoms with van der Waals surface area (Å²) in [6, 6.07) is 11.0. The molecule has 19 heavy (non-hydrogen) atoms. The predicted molar refractivity (Wildman–Crippen MR) is 70.1 cm³/mol. The maximum absolute atomic E-state index is 11.8. The summed E-state index contributed by atoms with van der Waals surface area (Å²) in [6.07, 6.45) is 1.80. The molecule has 1 saturated carbocycles. The van der Waals surface area contributed by atoms with E-state index in [0.29, 0.717) is 0 Å². The lowest BCUT2D eigenvalue weighted by Crippen LogP contribution is -2.42. The molecule has 2 aromatic rings. The van der Waals surface area contributed by atoms with Crippen LogP contribution in [0.4, 0.5) is 0 Å². The summed E-state index contributed by atoms with van der Waals surface area (Å²) in [5.41, 5.74) is 5.84. The van der Waals surface area contributed by atoms with Gasteiger partial charge in [0.05, 0.1) is 5.52 Å². The third-order valence-corrected chi connectivity index (χ3v) is 3.08. The Labute approximate surface area is 110 Å². The number of para-hydroxylation sites is 1. The third-order valence-electron chi connectivity index (χ3n) is 3.08. The predicted octanol–water partition coefficient (Wildman–Crippen LogP) is 1.41. The molecular weight excluding hydrogens is 242 g/mol. The smallest absolute Gasteiger partial charge is 0.273 e.